The number of likely N-dealkylation sites (tertiary alicyclic amines) is 1. The molecule has 1 aromatic carbocycles. The normalized spacial score (nSPS) is 16.9. The maximum absolute atomic E-state index is 12.2. The van der Waals surface area contributed by atoms with Gasteiger partial charge in [-0.15, -0.1) is 0 Å². The lowest BCUT2D eigenvalue weighted by atomic mass is 9.91. The molecule has 21 heavy (non-hydrogen) atoms. The Bertz CT molecular complexity index is 465. The third-order valence-electron chi connectivity index (χ3n) is 3.80. The molecule has 0 radical (unpaired) electrons. The number of hydrogen-bond acceptors (Lipinski definition) is 2. The number of amides is 1. The molecule has 0 saturated carbocycles. The van der Waals surface area contributed by atoms with Crippen LogP contribution in [0, 0.1) is 12.3 Å². The summed E-state index contributed by atoms with van der Waals surface area (Å²) < 4.78 is 6.00. The van der Waals surface area contributed by atoms with Gasteiger partial charge >= 0.3 is 0 Å². The number of rotatable bonds is 3. The molecule has 116 valence electrons. The van der Waals surface area contributed by atoms with Crippen molar-refractivity contribution in [1.29, 1.82) is 0 Å². The second-order valence-corrected chi connectivity index (χ2v) is 7.25. The molecule has 0 N–H and O–H groups in total. The Kier molecular flexibility index (Phi) is 4.92. The van der Waals surface area contributed by atoms with Crippen LogP contribution < -0.4 is 4.74 Å². The van der Waals surface area contributed by atoms with E-state index in [4.69, 9.17) is 4.74 Å². The Morgan fingerprint density at radius 1 is 1.19 bits per heavy atom. The number of benzene rings is 1. The number of ether oxygens (including phenoxy) is 1. The Hall–Kier alpha value is -1.51. The maximum Gasteiger partial charge on any atom is 0.223 e. The zero-order valence-corrected chi connectivity index (χ0v) is 13.7. The molecule has 1 amide bonds. The van der Waals surface area contributed by atoms with Crippen molar-refractivity contribution in [1.82, 2.24) is 4.90 Å². The van der Waals surface area contributed by atoms with Crippen molar-refractivity contribution in [3.8, 4) is 5.75 Å². The van der Waals surface area contributed by atoms with Crippen molar-refractivity contribution >= 4 is 5.91 Å². The van der Waals surface area contributed by atoms with Gasteiger partial charge in [-0.2, -0.15) is 0 Å². The lowest BCUT2D eigenvalue weighted by Crippen LogP contribution is -2.42. The summed E-state index contributed by atoms with van der Waals surface area (Å²) in [6.45, 7) is 10.0. The molecular formula is C18H27NO2. The molecule has 3 nitrogen and oxygen atoms in total. The minimum atomic E-state index is 0.0618. The monoisotopic (exact) mass is 289 g/mol. The predicted molar refractivity (Wildman–Crippen MR) is 85.5 cm³/mol. The fraction of sp³-hybridized carbons (Fsp3) is 0.611. The first kappa shape index (κ1) is 15.9. The summed E-state index contributed by atoms with van der Waals surface area (Å²) in [5, 5.41) is 0. The fourth-order valence-electron chi connectivity index (χ4n) is 2.60. The third kappa shape index (κ3) is 5.07. The summed E-state index contributed by atoms with van der Waals surface area (Å²) in [5.41, 5.74) is 1.30. The summed E-state index contributed by atoms with van der Waals surface area (Å²) in [4.78, 5) is 14.2. The highest BCUT2D eigenvalue weighted by Gasteiger charge is 2.26. The molecule has 0 bridgehead atoms. The molecule has 1 aliphatic rings. The molecule has 0 aliphatic carbocycles. The lowest BCUT2D eigenvalue weighted by Gasteiger charge is -2.33. The maximum atomic E-state index is 12.2. The minimum Gasteiger partial charge on any atom is -0.490 e. The van der Waals surface area contributed by atoms with Crippen molar-refractivity contribution in [3.05, 3.63) is 29.8 Å². The molecule has 1 aliphatic heterocycles. The van der Waals surface area contributed by atoms with E-state index in [0.29, 0.717) is 6.42 Å². The Morgan fingerprint density at radius 2 is 1.76 bits per heavy atom. The second-order valence-electron chi connectivity index (χ2n) is 7.25. The predicted octanol–water partition coefficient (Wildman–Crippen LogP) is 3.80. The topological polar surface area (TPSA) is 29.5 Å². The van der Waals surface area contributed by atoms with Crippen molar-refractivity contribution in [2.75, 3.05) is 13.1 Å². The van der Waals surface area contributed by atoms with E-state index in [1.165, 1.54) is 5.56 Å². The van der Waals surface area contributed by atoms with Gasteiger partial charge in [-0.3, -0.25) is 4.79 Å². The smallest absolute Gasteiger partial charge is 0.223 e. The van der Waals surface area contributed by atoms with E-state index in [0.717, 1.165) is 31.7 Å². The molecule has 0 unspecified atom stereocenters. The molecule has 0 atom stereocenters. The van der Waals surface area contributed by atoms with Crippen LogP contribution in [0.1, 0.15) is 45.6 Å². The number of hydrogen-bond donors (Lipinski definition) is 0. The first-order chi connectivity index (χ1) is 9.83. The van der Waals surface area contributed by atoms with E-state index in [9.17, 15) is 4.79 Å². The molecule has 1 heterocycles. The van der Waals surface area contributed by atoms with Gasteiger partial charge in [0.15, 0.2) is 0 Å². The van der Waals surface area contributed by atoms with Crippen molar-refractivity contribution in [2.24, 2.45) is 5.41 Å². The van der Waals surface area contributed by atoms with Gasteiger partial charge in [0.25, 0.3) is 0 Å². The zero-order valence-electron chi connectivity index (χ0n) is 13.7. The van der Waals surface area contributed by atoms with Crippen molar-refractivity contribution in [2.45, 2.75) is 53.1 Å². The second kappa shape index (κ2) is 6.50. The number of aryl methyl sites for hydroxylation is 1. The summed E-state index contributed by atoms with van der Waals surface area (Å²) in [5.74, 6) is 1.20. The molecule has 0 spiro atoms. The molecule has 1 saturated heterocycles. The van der Waals surface area contributed by atoms with Crippen LogP contribution in [0.25, 0.3) is 0 Å². The van der Waals surface area contributed by atoms with Crippen LogP contribution in [0.4, 0.5) is 0 Å². The van der Waals surface area contributed by atoms with Gasteiger partial charge in [0.2, 0.25) is 5.91 Å². The van der Waals surface area contributed by atoms with Gasteiger partial charge in [-0.25, -0.2) is 0 Å². The van der Waals surface area contributed by atoms with Gasteiger partial charge in [0.05, 0.1) is 0 Å². The van der Waals surface area contributed by atoms with Gasteiger partial charge in [0, 0.05) is 32.4 Å². The molecule has 2 rings (SSSR count). The van der Waals surface area contributed by atoms with Crippen LogP contribution in [-0.4, -0.2) is 30.0 Å². The van der Waals surface area contributed by atoms with E-state index in [-0.39, 0.29) is 17.4 Å². The number of nitrogens with zero attached hydrogens (tertiary/aromatic N) is 1. The summed E-state index contributed by atoms with van der Waals surface area (Å²) in [6.07, 6.45) is 2.69. The van der Waals surface area contributed by atoms with Crippen LogP contribution in [0.15, 0.2) is 24.3 Å². The van der Waals surface area contributed by atoms with Crippen molar-refractivity contribution in [3.63, 3.8) is 0 Å². The average molecular weight is 289 g/mol. The molecule has 3 heteroatoms. The zero-order chi connectivity index (χ0) is 15.5. The largest absolute Gasteiger partial charge is 0.490 e. The minimum absolute atomic E-state index is 0.0618. The Morgan fingerprint density at radius 3 is 2.29 bits per heavy atom. The quantitative estimate of drug-likeness (QED) is 0.847. The first-order valence-electron chi connectivity index (χ1n) is 7.84. The van der Waals surface area contributed by atoms with E-state index in [1.54, 1.807) is 0 Å². The van der Waals surface area contributed by atoms with E-state index in [1.807, 2.05) is 17.0 Å². The SMILES string of the molecule is Cc1ccc(OC2CCN(C(=O)CC(C)(C)C)CC2)cc1. The highest BCUT2D eigenvalue weighted by molar-refractivity contribution is 5.76. The van der Waals surface area contributed by atoms with Crippen LogP contribution in [0.3, 0.4) is 0 Å². The average Bonchev–Trinajstić information content (AvgIpc) is 2.40. The molecular weight excluding hydrogens is 262 g/mol. The molecule has 1 fully saturated rings. The highest BCUT2D eigenvalue weighted by Crippen LogP contribution is 2.23. The third-order valence-corrected chi connectivity index (χ3v) is 3.80. The summed E-state index contributed by atoms with van der Waals surface area (Å²) in [7, 11) is 0. The lowest BCUT2D eigenvalue weighted by molar-refractivity contribution is -0.134. The Labute approximate surface area is 128 Å². The van der Waals surface area contributed by atoms with Gasteiger partial charge in [-0.05, 0) is 24.5 Å². The number of piperidine rings is 1. The van der Waals surface area contributed by atoms with Gasteiger partial charge in [-0.1, -0.05) is 38.5 Å². The molecule has 1 aromatic rings. The van der Waals surface area contributed by atoms with Gasteiger partial charge < -0.3 is 9.64 Å². The van der Waals surface area contributed by atoms with E-state index < -0.39 is 0 Å². The van der Waals surface area contributed by atoms with Crippen LogP contribution in [0.5, 0.6) is 5.75 Å². The number of carbonyl (C=O) groups is 1. The first-order valence-corrected chi connectivity index (χ1v) is 7.84. The van der Waals surface area contributed by atoms with Crippen LogP contribution >= 0.6 is 0 Å². The van der Waals surface area contributed by atoms with Gasteiger partial charge in [0.1, 0.15) is 11.9 Å². The van der Waals surface area contributed by atoms with E-state index in [2.05, 4.69) is 39.8 Å². The van der Waals surface area contributed by atoms with Crippen LogP contribution in [-0.2, 0) is 4.79 Å². The standard InChI is InChI=1S/C18H27NO2/c1-14-5-7-15(8-6-14)21-16-9-11-19(12-10-16)17(20)13-18(2,3)4/h5-8,16H,9-13H2,1-4H3. The summed E-state index contributed by atoms with van der Waals surface area (Å²) >= 11 is 0. The molecule has 0 aromatic heterocycles. The highest BCUT2D eigenvalue weighted by atomic mass is 16.5. The van der Waals surface area contributed by atoms with E-state index >= 15 is 0 Å². The summed E-state index contributed by atoms with van der Waals surface area (Å²) in [6, 6.07) is 8.17. The Balaban J connectivity index is 1.80. The van der Waals surface area contributed by atoms with Crippen molar-refractivity contribution < 1.29 is 9.53 Å². The number of carbonyl (C=O) groups excluding carboxylic acids is 1. The van der Waals surface area contributed by atoms with Crippen LogP contribution in [0.2, 0.25) is 0 Å². The fourth-order valence-corrected chi connectivity index (χ4v) is 2.60.